The molecule has 136 valence electrons. The van der Waals surface area contributed by atoms with Crippen molar-refractivity contribution in [1.29, 1.82) is 0 Å². The second-order valence-corrected chi connectivity index (χ2v) is 6.62. The molecule has 0 spiro atoms. The first-order chi connectivity index (χ1) is 11.6. The Morgan fingerprint density at radius 3 is 2.80 bits per heavy atom. The molecule has 0 bridgehead atoms. The van der Waals surface area contributed by atoms with E-state index in [1.807, 2.05) is 19.1 Å². The van der Waals surface area contributed by atoms with Crippen molar-refractivity contribution in [2.75, 3.05) is 6.54 Å². The van der Waals surface area contributed by atoms with Crippen LogP contribution in [0.2, 0.25) is 0 Å². The van der Waals surface area contributed by atoms with Crippen molar-refractivity contribution in [3.63, 3.8) is 0 Å². The number of carbonyl (C=O) groups is 1. The molecule has 1 amide bonds. The number of aromatic nitrogens is 2. The van der Waals surface area contributed by atoms with E-state index in [1.54, 1.807) is 6.20 Å². The van der Waals surface area contributed by atoms with Gasteiger partial charge in [-0.2, -0.15) is 0 Å². The Morgan fingerprint density at radius 1 is 1.40 bits per heavy atom. The van der Waals surface area contributed by atoms with Crippen LogP contribution in [0, 0.1) is 12.8 Å². The van der Waals surface area contributed by atoms with Gasteiger partial charge in [-0.05, 0) is 43.4 Å². The zero-order chi connectivity index (χ0) is 17.1. The molecule has 2 aromatic heterocycles. The van der Waals surface area contributed by atoms with Crippen LogP contribution < -0.4 is 16.6 Å². The third-order valence-corrected chi connectivity index (χ3v) is 4.90. The molecule has 1 unspecified atom stereocenters. The number of rotatable bonds is 4. The molecule has 1 fully saturated rings. The number of pyridine rings is 1. The molecule has 0 radical (unpaired) electrons. The fourth-order valence-corrected chi connectivity index (χ4v) is 3.48. The maximum absolute atomic E-state index is 12.6. The third-order valence-electron chi connectivity index (χ3n) is 4.90. The molecule has 7 heteroatoms. The summed E-state index contributed by atoms with van der Waals surface area (Å²) in [5.41, 5.74) is 7.13. The van der Waals surface area contributed by atoms with Crippen LogP contribution in [0.15, 0.2) is 29.3 Å². The molecule has 1 saturated carbocycles. The summed E-state index contributed by atoms with van der Waals surface area (Å²) < 4.78 is 1.40. The number of fused-ring (bicyclic) bond motifs is 1. The first kappa shape index (κ1) is 19.4. The van der Waals surface area contributed by atoms with E-state index in [2.05, 4.69) is 10.3 Å². The highest BCUT2D eigenvalue weighted by Gasteiger charge is 2.25. The standard InChI is InChI=1S/C18H24N4O2.ClH/c1-12-7-8-22-16(9-12)20-11-14(18(22)24)17(23)21-15(10-19)13-5-3-2-4-6-13;/h7-9,11,13,15H,2-6,10,19H2,1H3,(H,21,23);1H. The van der Waals surface area contributed by atoms with Crippen molar-refractivity contribution in [3.8, 4) is 0 Å². The van der Waals surface area contributed by atoms with Gasteiger partial charge in [0.05, 0.1) is 0 Å². The summed E-state index contributed by atoms with van der Waals surface area (Å²) in [6.45, 7) is 2.32. The van der Waals surface area contributed by atoms with Crippen LogP contribution in [0.5, 0.6) is 0 Å². The van der Waals surface area contributed by atoms with Crippen molar-refractivity contribution in [1.82, 2.24) is 14.7 Å². The van der Waals surface area contributed by atoms with Gasteiger partial charge in [-0.3, -0.25) is 14.0 Å². The van der Waals surface area contributed by atoms with E-state index >= 15 is 0 Å². The number of nitrogens with zero attached hydrogens (tertiary/aromatic N) is 2. The Kier molecular flexibility index (Phi) is 6.56. The van der Waals surface area contributed by atoms with Crippen LogP contribution in [0.25, 0.3) is 5.65 Å². The minimum atomic E-state index is -0.386. The Labute approximate surface area is 153 Å². The van der Waals surface area contributed by atoms with E-state index in [0.29, 0.717) is 18.1 Å². The highest BCUT2D eigenvalue weighted by Crippen LogP contribution is 2.26. The zero-order valence-electron chi connectivity index (χ0n) is 14.4. The summed E-state index contributed by atoms with van der Waals surface area (Å²) in [7, 11) is 0. The van der Waals surface area contributed by atoms with Gasteiger partial charge < -0.3 is 11.1 Å². The maximum atomic E-state index is 12.6. The van der Waals surface area contributed by atoms with Crippen molar-refractivity contribution < 1.29 is 4.79 Å². The predicted molar refractivity (Wildman–Crippen MR) is 100 cm³/mol. The molecule has 3 N–H and O–H groups in total. The van der Waals surface area contributed by atoms with Gasteiger partial charge in [0.1, 0.15) is 11.2 Å². The summed E-state index contributed by atoms with van der Waals surface area (Å²) in [4.78, 5) is 29.4. The average Bonchev–Trinajstić information content (AvgIpc) is 2.60. The number of halogens is 1. The minimum absolute atomic E-state index is 0. The van der Waals surface area contributed by atoms with E-state index < -0.39 is 0 Å². The topological polar surface area (TPSA) is 89.5 Å². The second kappa shape index (κ2) is 8.45. The number of amides is 1. The largest absolute Gasteiger partial charge is 0.348 e. The molecule has 3 rings (SSSR count). The molecule has 0 aromatic carbocycles. The third kappa shape index (κ3) is 4.19. The summed E-state index contributed by atoms with van der Waals surface area (Å²) >= 11 is 0. The van der Waals surface area contributed by atoms with E-state index in [0.717, 1.165) is 18.4 Å². The molecule has 1 aliphatic rings. The first-order valence-corrected chi connectivity index (χ1v) is 8.59. The number of nitrogens with two attached hydrogens (primary N) is 1. The van der Waals surface area contributed by atoms with Crippen molar-refractivity contribution >= 4 is 24.0 Å². The van der Waals surface area contributed by atoms with Gasteiger partial charge >= 0.3 is 0 Å². The van der Waals surface area contributed by atoms with Gasteiger partial charge in [-0.15, -0.1) is 12.4 Å². The minimum Gasteiger partial charge on any atom is -0.348 e. The molecular weight excluding hydrogens is 340 g/mol. The van der Waals surface area contributed by atoms with Crippen LogP contribution in [0.3, 0.4) is 0 Å². The quantitative estimate of drug-likeness (QED) is 0.869. The van der Waals surface area contributed by atoms with Gasteiger partial charge in [0.15, 0.2) is 0 Å². The lowest BCUT2D eigenvalue weighted by Crippen LogP contribution is -2.47. The lowest BCUT2D eigenvalue weighted by molar-refractivity contribution is 0.0913. The second-order valence-electron chi connectivity index (χ2n) is 6.62. The normalized spacial score (nSPS) is 16.2. The molecule has 25 heavy (non-hydrogen) atoms. The Hall–Kier alpha value is -1.92. The Morgan fingerprint density at radius 2 is 2.12 bits per heavy atom. The molecule has 1 aliphatic carbocycles. The van der Waals surface area contributed by atoms with Crippen LogP contribution in [0.1, 0.15) is 48.0 Å². The van der Waals surface area contributed by atoms with Gasteiger partial charge in [0, 0.05) is 25.0 Å². The summed E-state index contributed by atoms with van der Waals surface area (Å²) in [5.74, 6) is 0.00928. The van der Waals surface area contributed by atoms with Gasteiger partial charge in [-0.25, -0.2) is 4.98 Å². The molecular formula is C18H25ClN4O2. The van der Waals surface area contributed by atoms with Crippen molar-refractivity contribution in [3.05, 3.63) is 46.0 Å². The predicted octanol–water partition coefficient (Wildman–Crippen LogP) is 2.06. The van der Waals surface area contributed by atoms with E-state index in [1.165, 1.54) is 29.9 Å². The highest BCUT2D eigenvalue weighted by atomic mass is 35.5. The van der Waals surface area contributed by atoms with Crippen LogP contribution >= 0.6 is 12.4 Å². The number of nitrogens with one attached hydrogen (secondary N) is 1. The van der Waals surface area contributed by atoms with Crippen LogP contribution in [0.4, 0.5) is 0 Å². The summed E-state index contributed by atoms with van der Waals surface area (Å²) in [6.07, 6.45) is 8.77. The molecule has 0 saturated heterocycles. The number of hydrogen-bond donors (Lipinski definition) is 2. The van der Waals surface area contributed by atoms with Crippen LogP contribution in [-0.4, -0.2) is 27.9 Å². The van der Waals surface area contributed by atoms with E-state index in [9.17, 15) is 9.59 Å². The van der Waals surface area contributed by atoms with Gasteiger partial charge in [0.25, 0.3) is 11.5 Å². The molecule has 2 aromatic rings. The Balaban J connectivity index is 0.00000225. The molecule has 0 aliphatic heterocycles. The molecule has 6 nitrogen and oxygen atoms in total. The van der Waals surface area contributed by atoms with Crippen molar-refractivity contribution in [2.45, 2.75) is 45.1 Å². The number of hydrogen-bond acceptors (Lipinski definition) is 4. The fraction of sp³-hybridized carbons (Fsp3) is 0.500. The number of aryl methyl sites for hydroxylation is 1. The fourth-order valence-electron chi connectivity index (χ4n) is 3.48. The number of carbonyl (C=O) groups excluding carboxylic acids is 1. The maximum Gasteiger partial charge on any atom is 0.270 e. The smallest absolute Gasteiger partial charge is 0.270 e. The van der Waals surface area contributed by atoms with E-state index in [-0.39, 0.29) is 35.5 Å². The van der Waals surface area contributed by atoms with Gasteiger partial charge in [-0.1, -0.05) is 19.3 Å². The van der Waals surface area contributed by atoms with Crippen LogP contribution in [-0.2, 0) is 0 Å². The molecule has 1 atom stereocenters. The highest BCUT2D eigenvalue weighted by molar-refractivity contribution is 5.94. The van der Waals surface area contributed by atoms with Crippen molar-refractivity contribution in [2.24, 2.45) is 11.7 Å². The molecule has 2 heterocycles. The zero-order valence-corrected chi connectivity index (χ0v) is 15.2. The summed E-state index contributed by atoms with van der Waals surface area (Å²) in [6, 6.07) is 3.55. The SMILES string of the molecule is Cc1ccn2c(=O)c(C(=O)NC(CN)C3CCCCC3)cnc2c1.Cl. The monoisotopic (exact) mass is 364 g/mol. The van der Waals surface area contributed by atoms with E-state index in [4.69, 9.17) is 5.73 Å². The van der Waals surface area contributed by atoms with Gasteiger partial charge in [0.2, 0.25) is 0 Å². The summed E-state index contributed by atoms with van der Waals surface area (Å²) in [5, 5.41) is 2.95. The Bertz CT molecular complexity index is 799. The lowest BCUT2D eigenvalue weighted by atomic mass is 9.84. The first-order valence-electron chi connectivity index (χ1n) is 8.59. The lowest BCUT2D eigenvalue weighted by Gasteiger charge is -2.30. The average molecular weight is 365 g/mol.